The fourth-order valence-corrected chi connectivity index (χ4v) is 8.29. The summed E-state index contributed by atoms with van der Waals surface area (Å²) < 4.78 is 13.5. The molecule has 174 valence electrons. The van der Waals surface area contributed by atoms with E-state index in [9.17, 15) is 9.32 Å². The lowest BCUT2D eigenvalue weighted by Crippen LogP contribution is -2.27. The minimum atomic E-state index is -1.29. The molecule has 5 rings (SSSR count). The summed E-state index contributed by atoms with van der Waals surface area (Å²) in [6.45, 7) is 2.02. The van der Waals surface area contributed by atoms with Gasteiger partial charge in [-0.25, -0.2) is 0 Å². The van der Waals surface area contributed by atoms with Crippen molar-refractivity contribution in [1.82, 2.24) is 0 Å². The summed E-state index contributed by atoms with van der Waals surface area (Å²) in [6, 6.07) is 36.9. The van der Waals surface area contributed by atoms with Gasteiger partial charge in [0.05, 0.1) is 16.0 Å². The Labute approximate surface area is 210 Å². The molecule has 4 aromatic carbocycles. The van der Waals surface area contributed by atoms with Crippen molar-refractivity contribution in [2.75, 3.05) is 0 Å². The number of hydrogen-bond donors (Lipinski definition) is 1. The third-order valence-corrected chi connectivity index (χ3v) is 10.3. The van der Waals surface area contributed by atoms with E-state index in [0.29, 0.717) is 0 Å². The zero-order valence-corrected chi connectivity index (χ0v) is 21.2. The van der Waals surface area contributed by atoms with Crippen molar-refractivity contribution in [2.45, 2.75) is 23.2 Å². The van der Waals surface area contributed by atoms with E-state index >= 15 is 0 Å². The maximum atomic E-state index is 13.5. The summed E-state index contributed by atoms with van der Waals surface area (Å²) in [4.78, 5) is 0.773. The highest BCUT2D eigenvalue weighted by atomic mass is 32.2. The van der Waals surface area contributed by atoms with Crippen LogP contribution in [0.2, 0.25) is 0 Å². The van der Waals surface area contributed by atoms with E-state index in [2.05, 4.69) is 54.6 Å². The largest absolute Gasteiger partial charge is 0.384 e. The molecule has 1 N–H and O–H groups in total. The van der Waals surface area contributed by atoms with Crippen LogP contribution in [0.3, 0.4) is 0 Å². The molecule has 0 fully saturated rings. The second-order valence-corrected chi connectivity index (χ2v) is 12.3. The summed E-state index contributed by atoms with van der Waals surface area (Å²) in [7, 11) is -2.16. The Bertz CT molecular complexity index is 1340. The highest BCUT2D eigenvalue weighted by molar-refractivity contribution is 7.86. The predicted molar refractivity (Wildman–Crippen MR) is 149 cm³/mol. The summed E-state index contributed by atoms with van der Waals surface area (Å²) >= 11 is 0. The van der Waals surface area contributed by atoms with Crippen LogP contribution in [-0.2, 0) is 10.8 Å². The van der Waals surface area contributed by atoms with Crippen molar-refractivity contribution >= 4 is 34.6 Å². The van der Waals surface area contributed by atoms with Crippen molar-refractivity contribution in [3.05, 3.63) is 144 Å². The first-order valence-electron chi connectivity index (χ1n) is 11.7. The lowest BCUT2D eigenvalue weighted by molar-refractivity contribution is 0.215. The third-order valence-electron chi connectivity index (χ3n) is 6.20. The Morgan fingerprint density at radius 3 is 1.97 bits per heavy atom. The topological polar surface area (TPSA) is 37.3 Å². The molecule has 2 unspecified atom stereocenters. The quantitative estimate of drug-likeness (QED) is 0.347. The summed E-state index contributed by atoms with van der Waals surface area (Å²) in [6.07, 6.45) is 4.92. The van der Waals surface area contributed by atoms with Gasteiger partial charge >= 0.3 is 0 Å². The standard InChI is InChI=1S/C31H27O2PS/c1-23-19-21-26(22-20-23)35(33)30-18-10-16-28(30)31(32)27-15-8-9-17-29(27)34(24-11-4-2-5-12-24)25-13-6-3-7-14-25/h2-22,30-32H,1H3/t30?,31-,35?/m1/s1. The zero-order valence-electron chi connectivity index (χ0n) is 19.5. The molecule has 1 aliphatic carbocycles. The molecule has 0 saturated carbocycles. The van der Waals surface area contributed by atoms with Crippen LogP contribution in [0.15, 0.2) is 138 Å². The van der Waals surface area contributed by atoms with Gasteiger partial charge < -0.3 is 5.11 Å². The monoisotopic (exact) mass is 494 g/mol. The first-order valence-corrected chi connectivity index (χ1v) is 14.2. The third kappa shape index (κ3) is 4.99. The van der Waals surface area contributed by atoms with Crippen LogP contribution < -0.4 is 15.9 Å². The van der Waals surface area contributed by atoms with Gasteiger partial charge in [-0.1, -0.05) is 121 Å². The molecule has 0 radical (unpaired) electrons. The number of aliphatic hydroxyl groups is 1. The average Bonchev–Trinajstić information content (AvgIpc) is 3.40. The molecule has 2 nitrogen and oxygen atoms in total. The predicted octanol–water partition coefficient (Wildman–Crippen LogP) is 5.46. The average molecular weight is 495 g/mol. The van der Waals surface area contributed by atoms with E-state index in [1.165, 1.54) is 10.6 Å². The molecular formula is C31H27O2PS. The van der Waals surface area contributed by atoms with Crippen LogP contribution >= 0.6 is 7.92 Å². The van der Waals surface area contributed by atoms with Crippen LogP contribution in [0.5, 0.6) is 0 Å². The molecule has 0 bridgehead atoms. The van der Waals surface area contributed by atoms with Crippen molar-refractivity contribution in [3.63, 3.8) is 0 Å². The summed E-state index contributed by atoms with van der Waals surface area (Å²) in [5.41, 5.74) is 2.77. The van der Waals surface area contributed by atoms with Crippen LogP contribution in [0, 0.1) is 6.92 Å². The maximum Gasteiger partial charge on any atom is 0.102 e. The molecule has 1 aliphatic rings. The molecule has 0 amide bonds. The van der Waals surface area contributed by atoms with Crippen LogP contribution in [0.25, 0.3) is 0 Å². The van der Waals surface area contributed by atoms with E-state index in [0.717, 1.165) is 26.9 Å². The second-order valence-electron chi connectivity index (χ2n) is 8.55. The maximum absolute atomic E-state index is 13.5. The number of allylic oxidation sites excluding steroid dienone is 2. The van der Waals surface area contributed by atoms with E-state index in [1.807, 2.05) is 79.7 Å². The van der Waals surface area contributed by atoms with Crippen molar-refractivity contribution in [1.29, 1.82) is 0 Å². The molecule has 0 heterocycles. The molecular weight excluding hydrogens is 467 g/mol. The fraction of sp³-hybridized carbons (Fsp3) is 0.0968. The van der Waals surface area contributed by atoms with Crippen LogP contribution in [-0.4, -0.2) is 14.6 Å². The number of hydrogen-bond acceptors (Lipinski definition) is 2. The van der Waals surface area contributed by atoms with Gasteiger partial charge in [0.1, 0.15) is 6.10 Å². The van der Waals surface area contributed by atoms with Crippen LogP contribution in [0.1, 0.15) is 17.2 Å². The number of aliphatic hydroxyl groups excluding tert-OH is 1. The second kappa shape index (κ2) is 10.7. The molecule has 0 aromatic heterocycles. The Balaban J connectivity index is 1.54. The fourth-order valence-electron chi connectivity index (χ4n) is 4.42. The molecule has 0 aliphatic heterocycles. The van der Waals surface area contributed by atoms with Gasteiger partial charge in [-0.3, -0.25) is 4.21 Å². The molecule has 0 spiro atoms. The Morgan fingerprint density at radius 1 is 0.771 bits per heavy atom. The van der Waals surface area contributed by atoms with E-state index in [4.69, 9.17) is 0 Å². The number of aryl methyl sites for hydroxylation is 1. The molecule has 4 heteroatoms. The van der Waals surface area contributed by atoms with Gasteiger partial charge in [0.15, 0.2) is 0 Å². The van der Waals surface area contributed by atoms with Gasteiger partial charge in [-0.05, 0) is 54.0 Å². The molecule has 0 saturated heterocycles. The lowest BCUT2D eigenvalue weighted by Gasteiger charge is -2.26. The van der Waals surface area contributed by atoms with Crippen LogP contribution in [0.4, 0.5) is 0 Å². The van der Waals surface area contributed by atoms with Gasteiger partial charge in [0.25, 0.3) is 0 Å². The van der Waals surface area contributed by atoms with Crippen molar-refractivity contribution in [2.24, 2.45) is 0 Å². The normalized spacial score (nSPS) is 16.8. The van der Waals surface area contributed by atoms with Crippen molar-refractivity contribution < 1.29 is 9.32 Å². The van der Waals surface area contributed by atoms with E-state index in [-0.39, 0.29) is 5.25 Å². The summed E-state index contributed by atoms with van der Waals surface area (Å²) in [5.74, 6) is 0. The van der Waals surface area contributed by atoms with Gasteiger partial charge in [0.2, 0.25) is 0 Å². The highest BCUT2D eigenvalue weighted by Gasteiger charge is 2.31. The van der Waals surface area contributed by atoms with E-state index < -0.39 is 24.8 Å². The molecule has 35 heavy (non-hydrogen) atoms. The molecule has 3 atom stereocenters. The minimum Gasteiger partial charge on any atom is -0.384 e. The first-order chi connectivity index (χ1) is 17.1. The number of rotatable bonds is 7. The Morgan fingerprint density at radius 2 is 1.34 bits per heavy atom. The van der Waals surface area contributed by atoms with Crippen molar-refractivity contribution in [3.8, 4) is 0 Å². The van der Waals surface area contributed by atoms with E-state index in [1.54, 1.807) is 0 Å². The smallest absolute Gasteiger partial charge is 0.102 e. The SMILES string of the molecule is Cc1ccc(S(=O)C2C=CC=C2[C@H](O)c2ccccc2P(c2ccccc2)c2ccccc2)cc1. The highest BCUT2D eigenvalue weighted by Crippen LogP contribution is 2.39. The molecule has 4 aromatic rings. The van der Waals surface area contributed by atoms with Gasteiger partial charge in [-0.15, -0.1) is 0 Å². The van der Waals surface area contributed by atoms with Gasteiger partial charge in [-0.2, -0.15) is 0 Å². The zero-order chi connectivity index (χ0) is 24.2. The first kappa shape index (κ1) is 23.6. The number of benzene rings is 4. The van der Waals surface area contributed by atoms with Gasteiger partial charge in [0, 0.05) is 4.90 Å². The Kier molecular flexibility index (Phi) is 7.20. The summed E-state index contributed by atoms with van der Waals surface area (Å²) in [5, 5.41) is 14.9. The minimum absolute atomic E-state index is 0.361. The Hall–Kier alpha value is -3.10. The lowest BCUT2D eigenvalue weighted by atomic mass is 10.0.